The molecule has 0 aromatic heterocycles. The molecule has 162 valence electrons. The van der Waals surface area contributed by atoms with Crippen molar-refractivity contribution in [2.75, 3.05) is 6.61 Å². The number of nitrogens with one attached hydrogen (secondary N) is 1. The van der Waals surface area contributed by atoms with E-state index in [1.807, 2.05) is 63.2 Å². The topological polar surface area (TPSA) is 58.6 Å². The van der Waals surface area contributed by atoms with Gasteiger partial charge in [0.1, 0.15) is 11.8 Å². The van der Waals surface area contributed by atoms with Crippen LogP contribution in [-0.2, 0) is 16.1 Å². The molecule has 2 atom stereocenters. The Balaban J connectivity index is 2.21. The zero-order valence-electron chi connectivity index (χ0n) is 17.5. The molecular formula is C23H28ClIN2O3. The SMILES string of the molecule is CC[C@H](C(=O)N[C@@H](C)CC)N(Cc1ccccc1Cl)C(=O)COc1ccc(I)cc1. The van der Waals surface area contributed by atoms with Gasteiger partial charge in [-0.2, -0.15) is 0 Å². The van der Waals surface area contributed by atoms with E-state index >= 15 is 0 Å². The second-order valence-electron chi connectivity index (χ2n) is 7.10. The van der Waals surface area contributed by atoms with Crippen LogP contribution in [0, 0.1) is 3.57 Å². The molecule has 5 nitrogen and oxygen atoms in total. The standard InChI is InChI=1S/C23H28ClIN2O3/c1-4-16(3)26-23(29)21(5-2)27(14-17-8-6-7-9-20(17)24)22(28)15-30-19-12-10-18(25)11-13-19/h6-13,16,21H,4-5,14-15H2,1-3H3,(H,26,29)/t16-,21+/m0/s1. The quantitative estimate of drug-likeness (QED) is 0.428. The average Bonchev–Trinajstić information content (AvgIpc) is 2.74. The fraction of sp³-hybridized carbons (Fsp3) is 0.391. The van der Waals surface area contributed by atoms with Crippen molar-refractivity contribution in [2.45, 2.75) is 52.2 Å². The zero-order chi connectivity index (χ0) is 22.1. The van der Waals surface area contributed by atoms with Crippen molar-refractivity contribution in [3.05, 3.63) is 62.7 Å². The van der Waals surface area contributed by atoms with Crippen LogP contribution in [0.15, 0.2) is 48.5 Å². The summed E-state index contributed by atoms with van der Waals surface area (Å²) in [6, 6.07) is 14.2. The Morgan fingerprint density at radius 1 is 1.10 bits per heavy atom. The van der Waals surface area contributed by atoms with Crippen LogP contribution in [0.4, 0.5) is 0 Å². The maximum absolute atomic E-state index is 13.1. The lowest BCUT2D eigenvalue weighted by molar-refractivity contribution is -0.143. The molecule has 0 saturated carbocycles. The molecule has 30 heavy (non-hydrogen) atoms. The van der Waals surface area contributed by atoms with E-state index in [2.05, 4.69) is 27.9 Å². The molecular weight excluding hydrogens is 515 g/mol. The molecule has 0 fully saturated rings. The summed E-state index contributed by atoms with van der Waals surface area (Å²) in [4.78, 5) is 27.6. The van der Waals surface area contributed by atoms with Crippen LogP contribution < -0.4 is 10.1 Å². The van der Waals surface area contributed by atoms with Gasteiger partial charge in [-0.05, 0) is 78.3 Å². The minimum Gasteiger partial charge on any atom is -0.484 e. The van der Waals surface area contributed by atoms with Gasteiger partial charge in [0.05, 0.1) is 0 Å². The largest absolute Gasteiger partial charge is 0.484 e. The lowest BCUT2D eigenvalue weighted by Crippen LogP contribution is -2.51. The number of rotatable bonds is 10. The number of halogens is 2. The summed E-state index contributed by atoms with van der Waals surface area (Å²) in [7, 11) is 0. The van der Waals surface area contributed by atoms with Gasteiger partial charge >= 0.3 is 0 Å². The van der Waals surface area contributed by atoms with Crippen molar-refractivity contribution < 1.29 is 14.3 Å². The summed E-state index contributed by atoms with van der Waals surface area (Å²) >= 11 is 8.53. The van der Waals surface area contributed by atoms with Gasteiger partial charge in [0.2, 0.25) is 5.91 Å². The molecule has 2 rings (SSSR count). The summed E-state index contributed by atoms with van der Waals surface area (Å²) in [5.41, 5.74) is 0.788. The lowest BCUT2D eigenvalue weighted by atomic mass is 10.1. The van der Waals surface area contributed by atoms with Crippen LogP contribution in [0.3, 0.4) is 0 Å². The van der Waals surface area contributed by atoms with Crippen LogP contribution in [0.25, 0.3) is 0 Å². The first-order chi connectivity index (χ1) is 14.3. The second kappa shape index (κ2) is 12.2. The van der Waals surface area contributed by atoms with Gasteiger partial charge in [-0.15, -0.1) is 0 Å². The van der Waals surface area contributed by atoms with Gasteiger partial charge in [0, 0.05) is 21.2 Å². The Morgan fingerprint density at radius 3 is 2.37 bits per heavy atom. The van der Waals surface area contributed by atoms with Crippen LogP contribution in [0.2, 0.25) is 5.02 Å². The molecule has 0 unspecified atom stereocenters. The summed E-state index contributed by atoms with van der Waals surface area (Å²) in [6.07, 6.45) is 1.30. The van der Waals surface area contributed by atoms with E-state index in [1.54, 1.807) is 11.0 Å². The van der Waals surface area contributed by atoms with Crippen LogP contribution in [-0.4, -0.2) is 35.4 Å². The van der Waals surface area contributed by atoms with Crippen molar-refractivity contribution >= 4 is 46.0 Å². The zero-order valence-corrected chi connectivity index (χ0v) is 20.4. The molecule has 1 N–H and O–H groups in total. The van der Waals surface area contributed by atoms with E-state index in [1.165, 1.54) is 0 Å². The Morgan fingerprint density at radius 2 is 1.77 bits per heavy atom. The normalized spacial score (nSPS) is 12.7. The number of ether oxygens (including phenoxy) is 1. The van der Waals surface area contributed by atoms with Crippen molar-refractivity contribution in [3.8, 4) is 5.75 Å². The Labute approximate surface area is 197 Å². The minimum absolute atomic E-state index is 0.0341. The maximum atomic E-state index is 13.1. The third kappa shape index (κ3) is 7.16. The van der Waals surface area contributed by atoms with Gasteiger partial charge in [0.15, 0.2) is 6.61 Å². The molecule has 0 saturated heterocycles. The number of carbonyl (C=O) groups is 2. The fourth-order valence-corrected chi connectivity index (χ4v) is 3.48. The van der Waals surface area contributed by atoms with Crippen molar-refractivity contribution in [3.63, 3.8) is 0 Å². The monoisotopic (exact) mass is 542 g/mol. The molecule has 0 aliphatic rings. The predicted molar refractivity (Wildman–Crippen MR) is 129 cm³/mol. The Bertz CT molecular complexity index is 845. The van der Waals surface area contributed by atoms with Crippen LogP contribution in [0.1, 0.15) is 39.2 Å². The number of hydrogen-bond acceptors (Lipinski definition) is 3. The third-order valence-corrected chi connectivity index (χ3v) is 5.95. The first-order valence-electron chi connectivity index (χ1n) is 10.1. The molecule has 0 radical (unpaired) electrons. The molecule has 0 heterocycles. The fourth-order valence-electron chi connectivity index (χ4n) is 2.93. The van der Waals surface area contributed by atoms with Gasteiger partial charge in [0.25, 0.3) is 5.91 Å². The van der Waals surface area contributed by atoms with Crippen LogP contribution >= 0.6 is 34.2 Å². The van der Waals surface area contributed by atoms with E-state index in [4.69, 9.17) is 16.3 Å². The summed E-state index contributed by atoms with van der Waals surface area (Å²) in [5.74, 6) is 0.180. The first-order valence-corrected chi connectivity index (χ1v) is 11.5. The van der Waals surface area contributed by atoms with E-state index in [9.17, 15) is 9.59 Å². The Hall–Kier alpha value is -1.80. The van der Waals surface area contributed by atoms with E-state index in [-0.39, 0.29) is 31.0 Å². The molecule has 7 heteroatoms. The molecule has 2 aromatic carbocycles. The smallest absolute Gasteiger partial charge is 0.261 e. The molecule has 0 bridgehead atoms. The Kier molecular flexibility index (Phi) is 9.91. The van der Waals surface area contributed by atoms with Crippen molar-refractivity contribution in [1.29, 1.82) is 0 Å². The first kappa shape index (κ1) is 24.5. The number of amides is 2. The second-order valence-corrected chi connectivity index (χ2v) is 8.75. The summed E-state index contributed by atoms with van der Waals surface area (Å²) in [5, 5.41) is 3.55. The highest BCUT2D eigenvalue weighted by Gasteiger charge is 2.29. The van der Waals surface area contributed by atoms with Crippen molar-refractivity contribution in [2.24, 2.45) is 0 Å². The molecule has 2 amide bonds. The van der Waals surface area contributed by atoms with Crippen molar-refractivity contribution in [1.82, 2.24) is 10.2 Å². The highest BCUT2D eigenvalue weighted by Crippen LogP contribution is 2.20. The van der Waals surface area contributed by atoms with E-state index in [0.717, 1.165) is 15.6 Å². The summed E-state index contributed by atoms with van der Waals surface area (Å²) < 4.78 is 6.77. The highest BCUT2D eigenvalue weighted by molar-refractivity contribution is 14.1. The average molecular weight is 543 g/mol. The van der Waals surface area contributed by atoms with Gasteiger partial charge < -0.3 is 15.0 Å². The van der Waals surface area contributed by atoms with Crippen LogP contribution in [0.5, 0.6) is 5.75 Å². The van der Waals surface area contributed by atoms with E-state index in [0.29, 0.717) is 17.2 Å². The molecule has 0 aliphatic heterocycles. The highest BCUT2D eigenvalue weighted by atomic mass is 127. The number of nitrogens with zero attached hydrogens (tertiary/aromatic N) is 1. The maximum Gasteiger partial charge on any atom is 0.261 e. The summed E-state index contributed by atoms with van der Waals surface area (Å²) in [6.45, 7) is 5.94. The predicted octanol–water partition coefficient (Wildman–Crippen LogP) is 5.05. The number of carbonyl (C=O) groups excluding carboxylic acids is 2. The minimum atomic E-state index is -0.608. The molecule has 2 aromatic rings. The van der Waals surface area contributed by atoms with Gasteiger partial charge in [-0.1, -0.05) is 43.6 Å². The lowest BCUT2D eigenvalue weighted by Gasteiger charge is -2.31. The van der Waals surface area contributed by atoms with Gasteiger partial charge in [-0.3, -0.25) is 9.59 Å². The number of benzene rings is 2. The molecule has 0 spiro atoms. The van der Waals surface area contributed by atoms with E-state index < -0.39 is 6.04 Å². The molecule has 0 aliphatic carbocycles. The van der Waals surface area contributed by atoms with Gasteiger partial charge in [-0.25, -0.2) is 0 Å². The number of hydrogen-bond donors (Lipinski definition) is 1. The third-order valence-electron chi connectivity index (χ3n) is 4.86.